The monoisotopic (exact) mass is 357 g/mol. The lowest BCUT2D eigenvalue weighted by Crippen LogP contribution is -2.14. The van der Waals surface area contributed by atoms with Gasteiger partial charge in [-0.2, -0.15) is 0 Å². The molecule has 1 N–H and O–H groups in total. The van der Waals surface area contributed by atoms with Crippen molar-refractivity contribution in [3.8, 4) is 5.75 Å². The summed E-state index contributed by atoms with van der Waals surface area (Å²) in [5, 5.41) is 3.84. The van der Waals surface area contributed by atoms with Crippen LogP contribution in [0.4, 0.5) is 5.69 Å². The summed E-state index contributed by atoms with van der Waals surface area (Å²) < 4.78 is 11.2. The molecule has 0 saturated heterocycles. The summed E-state index contributed by atoms with van der Waals surface area (Å²) >= 11 is 5.87. The molecule has 5 nitrogen and oxygen atoms in total. The molecule has 1 aromatic heterocycles. The maximum absolute atomic E-state index is 12.0. The van der Waals surface area contributed by atoms with Gasteiger partial charge in [0.15, 0.2) is 0 Å². The minimum absolute atomic E-state index is 0.120. The van der Waals surface area contributed by atoms with Crippen molar-refractivity contribution in [3.05, 3.63) is 69.0 Å². The first kappa shape index (κ1) is 17.0. The number of amides is 1. The van der Waals surface area contributed by atoms with E-state index in [1.807, 2.05) is 25.1 Å². The highest BCUT2D eigenvalue weighted by atomic mass is 35.5. The number of carbonyl (C=O) groups excluding carboxylic acids is 1. The average molecular weight is 358 g/mol. The Hall–Kier alpha value is -2.79. The molecule has 0 aliphatic heterocycles. The highest BCUT2D eigenvalue weighted by Gasteiger charge is 2.12. The summed E-state index contributed by atoms with van der Waals surface area (Å²) in [7, 11) is 0. The van der Waals surface area contributed by atoms with Crippen LogP contribution in [0.2, 0.25) is 5.02 Å². The molecule has 0 bridgehead atoms. The number of hydrogen-bond donors (Lipinski definition) is 1. The Bertz CT molecular complexity index is 993. The Morgan fingerprint density at radius 1 is 1.20 bits per heavy atom. The summed E-state index contributed by atoms with van der Waals surface area (Å²) in [6, 6.07) is 12.6. The van der Waals surface area contributed by atoms with Crippen LogP contribution in [0, 0.1) is 6.92 Å². The number of ether oxygens (including phenoxy) is 1. The molecule has 25 heavy (non-hydrogen) atoms. The lowest BCUT2D eigenvalue weighted by atomic mass is 10.1. The van der Waals surface area contributed by atoms with Crippen LogP contribution >= 0.6 is 11.6 Å². The van der Waals surface area contributed by atoms with Crippen LogP contribution in [-0.4, -0.2) is 5.91 Å². The van der Waals surface area contributed by atoms with Crippen molar-refractivity contribution in [2.24, 2.45) is 0 Å². The maximum atomic E-state index is 12.0. The lowest BCUT2D eigenvalue weighted by Gasteiger charge is -2.11. The number of halogens is 1. The number of aryl methyl sites for hydroxylation is 1. The molecule has 0 spiro atoms. The molecule has 1 heterocycles. The summed E-state index contributed by atoms with van der Waals surface area (Å²) in [6.45, 7) is 3.53. The Morgan fingerprint density at radius 3 is 2.60 bits per heavy atom. The number of fused-ring (bicyclic) bond motifs is 1. The first-order chi connectivity index (χ1) is 11.9. The molecule has 0 fully saturated rings. The van der Waals surface area contributed by atoms with E-state index in [1.165, 1.54) is 6.92 Å². The Morgan fingerprint density at radius 2 is 1.92 bits per heavy atom. The Balaban J connectivity index is 1.90. The number of anilines is 1. The van der Waals surface area contributed by atoms with E-state index < -0.39 is 5.63 Å². The third kappa shape index (κ3) is 3.83. The van der Waals surface area contributed by atoms with E-state index in [0.717, 1.165) is 11.1 Å². The van der Waals surface area contributed by atoms with Gasteiger partial charge in [0.2, 0.25) is 5.91 Å². The lowest BCUT2D eigenvalue weighted by molar-refractivity contribution is -0.114. The SMILES string of the molecule is CC(=O)Nc1cc2ccc(OCc3ccc(Cl)cc3)c(C)c2oc1=O. The molecule has 6 heteroatoms. The molecule has 3 rings (SSSR count). The first-order valence-corrected chi connectivity index (χ1v) is 8.04. The van der Waals surface area contributed by atoms with Gasteiger partial charge in [0.05, 0.1) is 0 Å². The van der Waals surface area contributed by atoms with Crippen molar-refractivity contribution in [2.75, 3.05) is 5.32 Å². The molecular weight excluding hydrogens is 342 g/mol. The Kier molecular flexibility index (Phi) is 4.76. The number of rotatable bonds is 4. The highest BCUT2D eigenvalue weighted by molar-refractivity contribution is 6.30. The van der Waals surface area contributed by atoms with Crippen molar-refractivity contribution >= 4 is 34.2 Å². The topological polar surface area (TPSA) is 68.5 Å². The quantitative estimate of drug-likeness (QED) is 0.707. The summed E-state index contributed by atoms with van der Waals surface area (Å²) in [5.41, 5.74) is 1.66. The van der Waals surface area contributed by atoms with E-state index in [2.05, 4.69) is 5.32 Å². The van der Waals surface area contributed by atoms with Crippen molar-refractivity contribution in [3.63, 3.8) is 0 Å². The molecule has 0 unspecified atom stereocenters. The fourth-order valence-electron chi connectivity index (χ4n) is 2.48. The van der Waals surface area contributed by atoms with Crippen LogP contribution < -0.4 is 15.7 Å². The minimum Gasteiger partial charge on any atom is -0.488 e. The van der Waals surface area contributed by atoms with Gasteiger partial charge in [0.25, 0.3) is 0 Å². The summed E-state index contributed by atoms with van der Waals surface area (Å²) in [4.78, 5) is 23.2. The van der Waals surface area contributed by atoms with Gasteiger partial charge in [-0.3, -0.25) is 4.79 Å². The van der Waals surface area contributed by atoms with Crippen LogP contribution in [0.5, 0.6) is 5.75 Å². The van der Waals surface area contributed by atoms with E-state index in [1.54, 1.807) is 24.3 Å². The number of carbonyl (C=O) groups is 1. The molecule has 128 valence electrons. The fourth-order valence-corrected chi connectivity index (χ4v) is 2.61. The average Bonchev–Trinajstić information content (AvgIpc) is 2.57. The Labute approximate surface area is 149 Å². The molecule has 0 atom stereocenters. The zero-order valence-electron chi connectivity index (χ0n) is 13.8. The van der Waals surface area contributed by atoms with Gasteiger partial charge in [0.1, 0.15) is 23.6 Å². The highest BCUT2D eigenvalue weighted by Crippen LogP contribution is 2.28. The molecule has 3 aromatic rings. The van der Waals surface area contributed by atoms with Crippen molar-refractivity contribution < 1.29 is 13.9 Å². The fraction of sp³-hybridized carbons (Fsp3) is 0.158. The smallest absolute Gasteiger partial charge is 0.360 e. The van der Waals surface area contributed by atoms with Crippen LogP contribution in [0.15, 0.2) is 51.7 Å². The molecule has 0 radical (unpaired) electrons. The van der Waals surface area contributed by atoms with E-state index >= 15 is 0 Å². The van der Waals surface area contributed by atoms with Gasteiger partial charge in [-0.25, -0.2) is 4.79 Å². The third-order valence-electron chi connectivity index (χ3n) is 3.72. The number of hydrogen-bond acceptors (Lipinski definition) is 4. The molecule has 0 saturated carbocycles. The van der Waals surface area contributed by atoms with Gasteiger partial charge in [-0.1, -0.05) is 23.7 Å². The molecule has 1 amide bonds. The second-order valence-electron chi connectivity index (χ2n) is 5.65. The van der Waals surface area contributed by atoms with E-state index in [9.17, 15) is 9.59 Å². The summed E-state index contributed by atoms with van der Waals surface area (Å²) in [5.74, 6) is 0.296. The zero-order valence-corrected chi connectivity index (χ0v) is 14.5. The largest absolute Gasteiger partial charge is 0.488 e. The number of nitrogens with one attached hydrogen (secondary N) is 1. The van der Waals surface area contributed by atoms with Crippen molar-refractivity contribution in [2.45, 2.75) is 20.5 Å². The second-order valence-corrected chi connectivity index (χ2v) is 6.09. The van der Waals surface area contributed by atoms with Crippen LogP contribution in [0.1, 0.15) is 18.1 Å². The van der Waals surface area contributed by atoms with E-state index in [0.29, 0.717) is 28.3 Å². The van der Waals surface area contributed by atoms with Crippen LogP contribution in [-0.2, 0) is 11.4 Å². The zero-order chi connectivity index (χ0) is 18.0. The van der Waals surface area contributed by atoms with Gasteiger partial charge in [-0.15, -0.1) is 0 Å². The first-order valence-electron chi connectivity index (χ1n) is 7.66. The van der Waals surface area contributed by atoms with Crippen LogP contribution in [0.3, 0.4) is 0 Å². The second kappa shape index (κ2) is 6.99. The third-order valence-corrected chi connectivity index (χ3v) is 3.97. The van der Waals surface area contributed by atoms with Gasteiger partial charge in [0, 0.05) is 22.9 Å². The molecule has 0 aliphatic rings. The van der Waals surface area contributed by atoms with E-state index in [-0.39, 0.29) is 11.6 Å². The normalized spacial score (nSPS) is 10.7. The maximum Gasteiger partial charge on any atom is 0.360 e. The standard InChI is InChI=1S/C19H16ClNO4/c1-11-17(24-10-13-3-6-15(20)7-4-13)8-5-14-9-16(21-12(2)22)19(23)25-18(11)14/h3-9H,10H2,1-2H3,(H,21,22). The van der Waals surface area contributed by atoms with Crippen LogP contribution in [0.25, 0.3) is 11.0 Å². The molecule has 0 aliphatic carbocycles. The number of benzene rings is 2. The van der Waals surface area contributed by atoms with E-state index in [4.69, 9.17) is 20.8 Å². The van der Waals surface area contributed by atoms with Gasteiger partial charge >= 0.3 is 5.63 Å². The predicted octanol–water partition coefficient (Wildman–Crippen LogP) is 4.29. The molecular formula is C19H16ClNO4. The molecule has 2 aromatic carbocycles. The van der Waals surface area contributed by atoms with Crippen molar-refractivity contribution in [1.29, 1.82) is 0 Å². The predicted molar refractivity (Wildman–Crippen MR) is 97.3 cm³/mol. The van der Waals surface area contributed by atoms with Crippen molar-refractivity contribution in [1.82, 2.24) is 0 Å². The summed E-state index contributed by atoms with van der Waals surface area (Å²) in [6.07, 6.45) is 0. The van der Waals surface area contributed by atoms with Gasteiger partial charge in [-0.05, 0) is 42.8 Å². The minimum atomic E-state index is -0.597. The van der Waals surface area contributed by atoms with Gasteiger partial charge < -0.3 is 14.5 Å².